The molecular formula is C14H9Cl3F3NO2S. The first kappa shape index (κ1) is 19.3. The molecule has 0 aliphatic heterocycles. The summed E-state index contributed by atoms with van der Waals surface area (Å²) in [4.78, 5) is -0.262. The fourth-order valence-electron chi connectivity index (χ4n) is 1.84. The molecule has 0 saturated carbocycles. The predicted molar refractivity (Wildman–Crippen MR) is 86.9 cm³/mol. The number of nitrogens with one attached hydrogen (secondary N) is 1. The van der Waals surface area contributed by atoms with Gasteiger partial charge in [-0.25, -0.2) is 13.1 Å². The van der Waals surface area contributed by atoms with Crippen LogP contribution in [0.4, 0.5) is 13.2 Å². The highest BCUT2D eigenvalue weighted by Crippen LogP contribution is 2.35. The first-order valence-corrected chi connectivity index (χ1v) is 8.93. The third-order valence-electron chi connectivity index (χ3n) is 2.99. The summed E-state index contributed by atoms with van der Waals surface area (Å²) in [6.45, 7) is -0.370. The van der Waals surface area contributed by atoms with Crippen molar-refractivity contribution in [1.82, 2.24) is 4.72 Å². The van der Waals surface area contributed by atoms with Gasteiger partial charge >= 0.3 is 6.18 Å². The molecule has 24 heavy (non-hydrogen) atoms. The number of sulfonamides is 1. The summed E-state index contributed by atoms with van der Waals surface area (Å²) in [5, 5.41) is -0.364. The van der Waals surface area contributed by atoms with Gasteiger partial charge in [0.2, 0.25) is 10.0 Å². The Morgan fingerprint density at radius 3 is 2.21 bits per heavy atom. The largest absolute Gasteiger partial charge is 0.417 e. The van der Waals surface area contributed by atoms with E-state index >= 15 is 0 Å². The van der Waals surface area contributed by atoms with Crippen molar-refractivity contribution in [3.8, 4) is 0 Å². The van der Waals surface area contributed by atoms with E-state index in [1.807, 2.05) is 0 Å². The van der Waals surface area contributed by atoms with Crippen molar-refractivity contribution in [1.29, 1.82) is 0 Å². The lowest BCUT2D eigenvalue weighted by atomic mass is 10.1. The summed E-state index contributed by atoms with van der Waals surface area (Å²) >= 11 is 17.1. The van der Waals surface area contributed by atoms with Crippen LogP contribution >= 0.6 is 34.8 Å². The molecule has 0 heterocycles. The van der Waals surface area contributed by atoms with Crippen LogP contribution in [0.25, 0.3) is 0 Å². The monoisotopic (exact) mass is 417 g/mol. The van der Waals surface area contributed by atoms with Gasteiger partial charge in [-0.2, -0.15) is 13.2 Å². The van der Waals surface area contributed by atoms with Gasteiger partial charge in [-0.3, -0.25) is 0 Å². The van der Waals surface area contributed by atoms with E-state index in [0.29, 0.717) is 0 Å². The van der Waals surface area contributed by atoms with Gasteiger partial charge in [-0.1, -0.05) is 40.9 Å². The molecule has 0 atom stereocenters. The van der Waals surface area contributed by atoms with Gasteiger partial charge in [0, 0.05) is 11.6 Å². The van der Waals surface area contributed by atoms with Crippen LogP contribution in [0.3, 0.4) is 0 Å². The fourth-order valence-corrected chi connectivity index (χ4v) is 3.84. The number of halogens is 6. The van der Waals surface area contributed by atoms with E-state index in [1.54, 1.807) is 0 Å². The first-order valence-electron chi connectivity index (χ1n) is 6.31. The van der Waals surface area contributed by atoms with Crippen molar-refractivity contribution in [2.45, 2.75) is 17.6 Å². The van der Waals surface area contributed by atoms with E-state index < -0.39 is 26.8 Å². The van der Waals surface area contributed by atoms with E-state index in [9.17, 15) is 21.6 Å². The molecule has 0 aliphatic rings. The van der Waals surface area contributed by atoms with Crippen molar-refractivity contribution in [2.75, 3.05) is 0 Å². The van der Waals surface area contributed by atoms with Gasteiger partial charge in [-0.05, 0) is 35.9 Å². The number of benzene rings is 2. The van der Waals surface area contributed by atoms with E-state index in [2.05, 4.69) is 4.72 Å². The minimum absolute atomic E-state index is 0.0565. The normalized spacial score (nSPS) is 12.4. The Labute approximate surface area is 151 Å². The lowest BCUT2D eigenvalue weighted by molar-refractivity contribution is -0.137. The zero-order valence-electron chi connectivity index (χ0n) is 11.7. The molecule has 0 bridgehead atoms. The van der Waals surface area contributed by atoms with Gasteiger partial charge in [0.1, 0.15) is 4.90 Å². The zero-order valence-corrected chi connectivity index (χ0v) is 14.7. The summed E-state index contributed by atoms with van der Waals surface area (Å²) in [5.41, 5.74) is -0.949. The molecule has 0 saturated heterocycles. The lowest BCUT2D eigenvalue weighted by Crippen LogP contribution is -2.23. The molecule has 1 N–H and O–H groups in total. The molecule has 0 spiro atoms. The summed E-state index contributed by atoms with van der Waals surface area (Å²) in [5.74, 6) is 0. The second-order valence-electron chi connectivity index (χ2n) is 4.71. The highest BCUT2D eigenvalue weighted by Gasteiger charge is 2.33. The third kappa shape index (κ3) is 4.55. The second kappa shape index (κ2) is 7.09. The van der Waals surface area contributed by atoms with Crippen LogP contribution in [-0.4, -0.2) is 8.42 Å². The van der Waals surface area contributed by atoms with Gasteiger partial charge in [-0.15, -0.1) is 0 Å². The molecular weight excluding hydrogens is 410 g/mol. The highest BCUT2D eigenvalue weighted by molar-refractivity contribution is 7.89. The van der Waals surface area contributed by atoms with E-state index in [1.165, 1.54) is 18.2 Å². The topological polar surface area (TPSA) is 46.2 Å². The maximum atomic E-state index is 12.8. The molecule has 0 aliphatic carbocycles. The number of alkyl halides is 3. The summed E-state index contributed by atoms with van der Waals surface area (Å²) < 4.78 is 65.1. The Kier molecular flexibility index (Phi) is 5.71. The number of hydrogen-bond donors (Lipinski definition) is 1. The molecule has 2 aromatic rings. The molecule has 3 nitrogen and oxygen atoms in total. The van der Waals surface area contributed by atoms with Gasteiger partial charge in [0.25, 0.3) is 0 Å². The minimum atomic E-state index is -4.64. The van der Waals surface area contributed by atoms with E-state index in [0.717, 1.165) is 18.2 Å². The van der Waals surface area contributed by atoms with Gasteiger partial charge in [0.05, 0.1) is 15.6 Å². The van der Waals surface area contributed by atoms with Crippen LogP contribution in [-0.2, 0) is 22.7 Å². The standard InChI is InChI=1S/C14H9Cl3F3NO2S/c15-9-2-4-12(17)13(6-9)24(22,23)21-7-8-1-3-11(16)10(5-8)14(18,19)20/h1-6,21H,7H2. The number of hydrogen-bond acceptors (Lipinski definition) is 2. The molecule has 0 amide bonds. The van der Waals surface area contributed by atoms with E-state index in [-0.39, 0.29) is 27.0 Å². The quantitative estimate of drug-likeness (QED) is 0.747. The molecule has 10 heteroatoms. The first-order chi connectivity index (χ1) is 11.0. The SMILES string of the molecule is O=S(=O)(NCc1ccc(Cl)c(C(F)(F)F)c1)c1cc(Cl)ccc1Cl. The average Bonchev–Trinajstić information content (AvgIpc) is 2.47. The van der Waals surface area contributed by atoms with Gasteiger partial charge < -0.3 is 0 Å². The third-order valence-corrected chi connectivity index (χ3v) is 5.43. The predicted octanol–water partition coefficient (Wildman–Crippen LogP) is 5.14. The molecule has 0 unspecified atom stereocenters. The Morgan fingerprint density at radius 1 is 0.958 bits per heavy atom. The maximum Gasteiger partial charge on any atom is 0.417 e. The summed E-state index contributed by atoms with van der Waals surface area (Å²) in [6.07, 6.45) is -4.64. The second-order valence-corrected chi connectivity index (χ2v) is 7.70. The van der Waals surface area contributed by atoms with Crippen molar-refractivity contribution in [3.63, 3.8) is 0 Å². The smallest absolute Gasteiger partial charge is 0.207 e. The lowest BCUT2D eigenvalue weighted by Gasteiger charge is -2.12. The Balaban J connectivity index is 2.26. The van der Waals surface area contributed by atoms with Crippen LogP contribution in [0.2, 0.25) is 15.1 Å². The molecule has 0 radical (unpaired) electrons. The number of rotatable bonds is 4. The van der Waals surface area contributed by atoms with E-state index in [4.69, 9.17) is 34.8 Å². The summed E-state index contributed by atoms with van der Waals surface area (Å²) in [7, 11) is -4.05. The minimum Gasteiger partial charge on any atom is -0.207 e. The Morgan fingerprint density at radius 2 is 1.58 bits per heavy atom. The van der Waals surface area contributed by atoms with Crippen LogP contribution in [0.15, 0.2) is 41.3 Å². The van der Waals surface area contributed by atoms with Crippen LogP contribution in [0, 0.1) is 0 Å². The van der Waals surface area contributed by atoms with Crippen molar-refractivity contribution >= 4 is 44.8 Å². The summed E-state index contributed by atoms with van der Waals surface area (Å²) in [6, 6.07) is 7.00. The molecule has 0 aromatic heterocycles. The molecule has 130 valence electrons. The molecule has 2 rings (SSSR count). The Hall–Kier alpha value is -0.990. The maximum absolute atomic E-state index is 12.8. The van der Waals surface area contributed by atoms with Crippen molar-refractivity contribution in [3.05, 3.63) is 62.6 Å². The molecule has 2 aromatic carbocycles. The van der Waals surface area contributed by atoms with Gasteiger partial charge in [0.15, 0.2) is 0 Å². The Bertz CT molecular complexity index is 870. The van der Waals surface area contributed by atoms with Crippen LogP contribution < -0.4 is 4.72 Å². The van der Waals surface area contributed by atoms with Crippen molar-refractivity contribution in [2.24, 2.45) is 0 Å². The highest BCUT2D eigenvalue weighted by atomic mass is 35.5. The zero-order chi connectivity index (χ0) is 18.1. The average molecular weight is 419 g/mol. The fraction of sp³-hybridized carbons (Fsp3) is 0.143. The van der Waals surface area contributed by atoms with Crippen molar-refractivity contribution < 1.29 is 21.6 Å². The van der Waals surface area contributed by atoms with Crippen LogP contribution in [0.1, 0.15) is 11.1 Å². The molecule has 0 fully saturated rings. The van der Waals surface area contributed by atoms with Crippen LogP contribution in [0.5, 0.6) is 0 Å².